The van der Waals surface area contributed by atoms with Crippen molar-refractivity contribution in [1.29, 1.82) is 0 Å². The standard InChI is InChI=1S/C13H18N4O2.2ClH/c18-12(17-11-4-2-6-15-8-11)9-16-13(19)10-3-1-5-14-7-10;;/h2,4,6,8,10,14H,1,3,5,7,9H2,(H,16,19)(H,17,18);2*1H. The summed E-state index contributed by atoms with van der Waals surface area (Å²) in [7, 11) is 0. The Morgan fingerprint density at radius 1 is 1.38 bits per heavy atom. The molecule has 6 nitrogen and oxygen atoms in total. The number of piperidine rings is 1. The van der Waals surface area contributed by atoms with Gasteiger partial charge in [0.2, 0.25) is 11.8 Å². The van der Waals surface area contributed by atoms with Gasteiger partial charge < -0.3 is 16.0 Å². The Morgan fingerprint density at radius 3 is 2.81 bits per heavy atom. The third kappa shape index (κ3) is 6.75. The number of carbonyl (C=O) groups excluding carboxylic acids is 2. The van der Waals surface area contributed by atoms with Gasteiger partial charge in [-0.25, -0.2) is 0 Å². The van der Waals surface area contributed by atoms with Crippen molar-refractivity contribution in [3.63, 3.8) is 0 Å². The van der Waals surface area contributed by atoms with Crippen LogP contribution in [0.1, 0.15) is 12.8 Å². The van der Waals surface area contributed by atoms with Crippen LogP contribution in [-0.2, 0) is 9.59 Å². The highest BCUT2D eigenvalue weighted by atomic mass is 35.5. The van der Waals surface area contributed by atoms with E-state index in [9.17, 15) is 9.59 Å². The van der Waals surface area contributed by atoms with E-state index >= 15 is 0 Å². The maximum absolute atomic E-state index is 11.8. The number of rotatable bonds is 4. The van der Waals surface area contributed by atoms with Crippen molar-refractivity contribution in [3.8, 4) is 0 Å². The smallest absolute Gasteiger partial charge is 0.243 e. The minimum atomic E-state index is -0.245. The molecule has 1 aromatic rings. The minimum absolute atomic E-state index is 0. The zero-order valence-electron chi connectivity index (χ0n) is 11.5. The molecule has 1 unspecified atom stereocenters. The Kier molecular flexibility index (Phi) is 9.69. The van der Waals surface area contributed by atoms with Gasteiger partial charge in [0.1, 0.15) is 0 Å². The van der Waals surface area contributed by atoms with Gasteiger partial charge in [-0.2, -0.15) is 0 Å². The Hall–Kier alpha value is -1.37. The fourth-order valence-corrected chi connectivity index (χ4v) is 2.03. The van der Waals surface area contributed by atoms with Gasteiger partial charge in [-0.15, -0.1) is 24.8 Å². The third-order valence-corrected chi connectivity index (χ3v) is 3.04. The normalized spacial score (nSPS) is 16.9. The average molecular weight is 335 g/mol. The summed E-state index contributed by atoms with van der Waals surface area (Å²) in [4.78, 5) is 27.3. The number of pyridine rings is 1. The molecular weight excluding hydrogens is 315 g/mol. The van der Waals surface area contributed by atoms with Crippen LogP contribution in [0.15, 0.2) is 24.5 Å². The van der Waals surface area contributed by atoms with Crippen LogP contribution >= 0.6 is 24.8 Å². The number of hydrogen-bond donors (Lipinski definition) is 3. The van der Waals surface area contributed by atoms with Crippen molar-refractivity contribution in [2.45, 2.75) is 12.8 Å². The van der Waals surface area contributed by atoms with Crippen LogP contribution in [-0.4, -0.2) is 36.4 Å². The number of carbonyl (C=O) groups is 2. The summed E-state index contributed by atoms with van der Waals surface area (Å²) in [6.07, 6.45) is 5.07. The van der Waals surface area contributed by atoms with Crippen LogP contribution < -0.4 is 16.0 Å². The highest BCUT2D eigenvalue weighted by Crippen LogP contribution is 2.09. The summed E-state index contributed by atoms with van der Waals surface area (Å²) in [5.41, 5.74) is 0.626. The number of halogens is 2. The zero-order chi connectivity index (χ0) is 13.5. The molecule has 3 N–H and O–H groups in total. The fourth-order valence-electron chi connectivity index (χ4n) is 2.03. The van der Waals surface area contributed by atoms with Gasteiger partial charge in [-0.05, 0) is 31.5 Å². The predicted molar refractivity (Wildman–Crippen MR) is 86.0 cm³/mol. The molecule has 0 aromatic carbocycles. The number of amides is 2. The van der Waals surface area contributed by atoms with Crippen LogP contribution in [0.25, 0.3) is 0 Å². The third-order valence-electron chi connectivity index (χ3n) is 3.04. The monoisotopic (exact) mass is 334 g/mol. The van der Waals surface area contributed by atoms with Gasteiger partial charge in [0.05, 0.1) is 24.3 Å². The lowest BCUT2D eigenvalue weighted by atomic mass is 9.99. The molecule has 1 atom stereocenters. The second kappa shape index (κ2) is 10.4. The molecule has 8 heteroatoms. The van der Waals surface area contributed by atoms with E-state index in [1.54, 1.807) is 24.5 Å². The molecule has 1 fully saturated rings. The molecule has 0 saturated carbocycles. The summed E-state index contributed by atoms with van der Waals surface area (Å²) in [6, 6.07) is 3.49. The van der Waals surface area contributed by atoms with Crippen molar-refractivity contribution in [2.75, 3.05) is 25.0 Å². The van der Waals surface area contributed by atoms with Gasteiger partial charge >= 0.3 is 0 Å². The van der Waals surface area contributed by atoms with E-state index in [2.05, 4.69) is 20.9 Å². The van der Waals surface area contributed by atoms with E-state index in [-0.39, 0.29) is 49.1 Å². The van der Waals surface area contributed by atoms with Gasteiger partial charge in [0, 0.05) is 12.7 Å². The topological polar surface area (TPSA) is 83.1 Å². The Bertz CT molecular complexity index is 439. The van der Waals surface area contributed by atoms with Crippen molar-refractivity contribution in [1.82, 2.24) is 15.6 Å². The summed E-state index contributed by atoms with van der Waals surface area (Å²) >= 11 is 0. The maximum Gasteiger partial charge on any atom is 0.243 e. The van der Waals surface area contributed by atoms with E-state index in [4.69, 9.17) is 0 Å². The molecule has 2 rings (SSSR count). The van der Waals surface area contributed by atoms with Gasteiger partial charge in [-0.3, -0.25) is 14.6 Å². The molecule has 1 aliphatic heterocycles. The van der Waals surface area contributed by atoms with E-state index in [1.807, 2.05) is 0 Å². The molecule has 2 amide bonds. The predicted octanol–water partition coefficient (Wildman–Crippen LogP) is 0.979. The Morgan fingerprint density at radius 2 is 2.19 bits per heavy atom. The van der Waals surface area contributed by atoms with Crippen molar-refractivity contribution < 1.29 is 9.59 Å². The van der Waals surface area contributed by atoms with E-state index in [0.29, 0.717) is 12.2 Å². The minimum Gasteiger partial charge on any atom is -0.347 e. The molecule has 2 heterocycles. The molecule has 1 aromatic heterocycles. The first kappa shape index (κ1) is 19.6. The van der Waals surface area contributed by atoms with Crippen LogP contribution in [0.3, 0.4) is 0 Å². The zero-order valence-corrected chi connectivity index (χ0v) is 13.1. The first-order chi connectivity index (χ1) is 9.25. The largest absolute Gasteiger partial charge is 0.347 e. The molecule has 0 aliphatic carbocycles. The molecule has 0 spiro atoms. The number of aromatic nitrogens is 1. The summed E-state index contributed by atoms with van der Waals surface area (Å²) in [5.74, 6) is -0.335. The molecule has 0 bridgehead atoms. The van der Waals surface area contributed by atoms with Gasteiger partial charge in [0.25, 0.3) is 0 Å². The number of hydrogen-bond acceptors (Lipinski definition) is 4. The second-order valence-electron chi connectivity index (χ2n) is 4.55. The number of anilines is 1. The van der Waals surface area contributed by atoms with Crippen LogP contribution in [0.5, 0.6) is 0 Å². The summed E-state index contributed by atoms with van der Waals surface area (Å²) < 4.78 is 0. The summed E-state index contributed by atoms with van der Waals surface area (Å²) in [6.45, 7) is 1.64. The highest BCUT2D eigenvalue weighted by molar-refractivity contribution is 5.94. The van der Waals surface area contributed by atoms with Crippen LogP contribution in [0.2, 0.25) is 0 Å². The van der Waals surface area contributed by atoms with E-state index in [1.165, 1.54) is 0 Å². The fraction of sp³-hybridized carbons (Fsp3) is 0.462. The molecule has 1 aliphatic rings. The summed E-state index contributed by atoms with van der Waals surface area (Å²) in [5, 5.41) is 8.50. The van der Waals surface area contributed by atoms with E-state index in [0.717, 1.165) is 19.4 Å². The van der Waals surface area contributed by atoms with Gasteiger partial charge in [-0.1, -0.05) is 0 Å². The lowest BCUT2D eigenvalue weighted by Crippen LogP contribution is -2.42. The van der Waals surface area contributed by atoms with Crippen molar-refractivity contribution in [3.05, 3.63) is 24.5 Å². The molecule has 118 valence electrons. The Labute approximate surface area is 136 Å². The average Bonchev–Trinajstić information content (AvgIpc) is 2.47. The SMILES string of the molecule is Cl.Cl.O=C(CNC(=O)C1CCCNC1)Nc1cccnc1. The number of nitrogens with zero attached hydrogens (tertiary/aromatic N) is 1. The molecule has 21 heavy (non-hydrogen) atoms. The number of nitrogens with one attached hydrogen (secondary N) is 3. The lowest BCUT2D eigenvalue weighted by molar-refractivity contribution is -0.127. The first-order valence-corrected chi connectivity index (χ1v) is 6.44. The Balaban J connectivity index is 0.00000200. The first-order valence-electron chi connectivity index (χ1n) is 6.44. The van der Waals surface area contributed by atoms with E-state index < -0.39 is 0 Å². The lowest BCUT2D eigenvalue weighted by Gasteiger charge is -2.21. The van der Waals surface area contributed by atoms with Crippen molar-refractivity contribution >= 4 is 42.3 Å². The van der Waals surface area contributed by atoms with Crippen LogP contribution in [0, 0.1) is 5.92 Å². The highest BCUT2D eigenvalue weighted by Gasteiger charge is 2.20. The second-order valence-corrected chi connectivity index (χ2v) is 4.55. The molecule has 0 radical (unpaired) electrons. The van der Waals surface area contributed by atoms with Crippen molar-refractivity contribution in [2.24, 2.45) is 5.92 Å². The quantitative estimate of drug-likeness (QED) is 0.766. The molecular formula is C13H20Cl2N4O2. The molecule has 1 saturated heterocycles. The van der Waals surface area contributed by atoms with Gasteiger partial charge in [0.15, 0.2) is 0 Å². The van der Waals surface area contributed by atoms with Crippen LogP contribution in [0.4, 0.5) is 5.69 Å². The maximum atomic E-state index is 11.8.